The topological polar surface area (TPSA) is 43.1 Å². The van der Waals surface area contributed by atoms with Crippen LogP contribution in [0.3, 0.4) is 0 Å². The summed E-state index contributed by atoms with van der Waals surface area (Å²) in [5, 5.41) is 0. The van der Waals surface area contributed by atoms with Gasteiger partial charge in [0.1, 0.15) is 5.78 Å². The third-order valence-corrected chi connectivity index (χ3v) is 3.70. The zero-order valence-corrected chi connectivity index (χ0v) is 12.1. The van der Waals surface area contributed by atoms with Crippen LogP contribution in [0.25, 0.3) is 0 Å². The molecule has 0 atom stereocenters. The second kappa shape index (κ2) is 6.49. The lowest BCUT2D eigenvalue weighted by Gasteiger charge is -2.08. The van der Waals surface area contributed by atoms with Gasteiger partial charge in [0.05, 0.1) is 0 Å². The Morgan fingerprint density at radius 1 is 0.950 bits per heavy atom. The van der Waals surface area contributed by atoms with Crippen molar-refractivity contribution in [3.8, 4) is 0 Å². The lowest BCUT2D eigenvalue weighted by atomic mass is 9.97. The van der Waals surface area contributed by atoms with Gasteiger partial charge in [-0.1, -0.05) is 42.5 Å². The van der Waals surface area contributed by atoms with Crippen molar-refractivity contribution in [1.82, 2.24) is 0 Å². The molecule has 2 nitrogen and oxygen atoms in total. The van der Waals surface area contributed by atoms with Gasteiger partial charge in [-0.05, 0) is 41.7 Å². The van der Waals surface area contributed by atoms with Crippen molar-refractivity contribution in [3.05, 3.63) is 70.3 Å². The van der Waals surface area contributed by atoms with Gasteiger partial charge in [-0.15, -0.1) is 0 Å². The van der Waals surface area contributed by atoms with Crippen LogP contribution in [0.2, 0.25) is 0 Å². The van der Waals surface area contributed by atoms with Gasteiger partial charge in [-0.3, -0.25) is 4.79 Å². The van der Waals surface area contributed by atoms with Gasteiger partial charge < -0.3 is 5.73 Å². The standard InChI is InChI=1S/C18H21NO/c1-13-7-8-15(9-14(13)2)10-18(20)11-16-5-3-4-6-17(16)12-19/h3-9H,10-12,19H2,1-2H3. The van der Waals surface area contributed by atoms with Crippen molar-refractivity contribution >= 4 is 5.78 Å². The molecule has 0 unspecified atom stereocenters. The molecule has 0 amide bonds. The third-order valence-electron chi connectivity index (χ3n) is 3.70. The van der Waals surface area contributed by atoms with Gasteiger partial charge in [0.2, 0.25) is 0 Å². The van der Waals surface area contributed by atoms with Gasteiger partial charge >= 0.3 is 0 Å². The summed E-state index contributed by atoms with van der Waals surface area (Å²) in [6.45, 7) is 4.64. The molecule has 0 heterocycles. The zero-order valence-electron chi connectivity index (χ0n) is 12.1. The van der Waals surface area contributed by atoms with Gasteiger partial charge in [0.15, 0.2) is 0 Å². The largest absolute Gasteiger partial charge is 0.326 e. The van der Waals surface area contributed by atoms with Crippen molar-refractivity contribution in [2.75, 3.05) is 0 Å². The number of benzene rings is 2. The molecular formula is C18H21NO. The quantitative estimate of drug-likeness (QED) is 0.904. The number of carbonyl (C=O) groups is 1. The highest BCUT2D eigenvalue weighted by Crippen LogP contribution is 2.13. The maximum Gasteiger partial charge on any atom is 0.141 e. The molecule has 0 saturated carbocycles. The molecule has 2 heteroatoms. The second-order valence-electron chi connectivity index (χ2n) is 5.28. The first-order chi connectivity index (χ1) is 9.60. The predicted octanol–water partition coefficient (Wildman–Crippen LogP) is 3.12. The van der Waals surface area contributed by atoms with Crippen LogP contribution in [0.15, 0.2) is 42.5 Å². The van der Waals surface area contributed by atoms with E-state index in [1.165, 1.54) is 11.1 Å². The molecule has 0 aromatic heterocycles. The summed E-state index contributed by atoms with van der Waals surface area (Å²) in [6, 6.07) is 14.1. The number of hydrogen-bond donors (Lipinski definition) is 1. The van der Waals surface area contributed by atoms with E-state index >= 15 is 0 Å². The van der Waals surface area contributed by atoms with E-state index in [9.17, 15) is 4.79 Å². The molecular weight excluding hydrogens is 246 g/mol. The fraction of sp³-hybridized carbons (Fsp3) is 0.278. The average molecular weight is 267 g/mol. The Hall–Kier alpha value is -1.93. The third kappa shape index (κ3) is 3.55. The van der Waals surface area contributed by atoms with Crippen molar-refractivity contribution in [2.24, 2.45) is 5.73 Å². The van der Waals surface area contributed by atoms with Crippen LogP contribution in [0.5, 0.6) is 0 Å². The highest BCUT2D eigenvalue weighted by Gasteiger charge is 2.08. The van der Waals surface area contributed by atoms with Crippen LogP contribution in [-0.2, 0) is 24.2 Å². The molecule has 2 aromatic rings. The SMILES string of the molecule is Cc1ccc(CC(=O)Cc2ccccc2CN)cc1C. The predicted molar refractivity (Wildman–Crippen MR) is 82.7 cm³/mol. The van der Waals surface area contributed by atoms with Gasteiger partial charge in [-0.2, -0.15) is 0 Å². The van der Waals surface area contributed by atoms with E-state index in [2.05, 4.69) is 26.0 Å². The fourth-order valence-electron chi connectivity index (χ4n) is 2.35. The first-order valence-electron chi connectivity index (χ1n) is 6.95. The van der Waals surface area contributed by atoms with E-state index < -0.39 is 0 Å². The van der Waals surface area contributed by atoms with E-state index in [-0.39, 0.29) is 5.78 Å². The Morgan fingerprint density at radius 3 is 2.30 bits per heavy atom. The molecule has 2 N–H and O–H groups in total. The summed E-state index contributed by atoms with van der Waals surface area (Å²) < 4.78 is 0. The number of ketones is 1. The summed E-state index contributed by atoms with van der Waals surface area (Å²) in [4.78, 5) is 12.2. The Morgan fingerprint density at radius 2 is 1.65 bits per heavy atom. The van der Waals surface area contributed by atoms with Crippen LogP contribution in [0, 0.1) is 13.8 Å². The maximum atomic E-state index is 12.2. The minimum Gasteiger partial charge on any atom is -0.326 e. The molecule has 104 valence electrons. The molecule has 0 saturated heterocycles. The molecule has 20 heavy (non-hydrogen) atoms. The maximum absolute atomic E-state index is 12.2. The van der Waals surface area contributed by atoms with Crippen molar-refractivity contribution in [2.45, 2.75) is 33.2 Å². The second-order valence-corrected chi connectivity index (χ2v) is 5.28. The van der Waals surface area contributed by atoms with Gasteiger partial charge in [0.25, 0.3) is 0 Å². The molecule has 2 aromatic carbocycles. The molecule has 0 bridgehead atoms. The average Bonchev–Trinajstić information content (AvgIpc) is 2.43. The highest BCUT2D eigenvalue weighted by molar-refractivity contribution is 5.83. The minimum absolute atomic E-state index is 0.231. The van der Waals surface area contributed by atoms with Gasteiger partial charge in [0, 0.05) is 19.4 Å². The molecule has 0 radical (unpaired) electrons. The molecule has 0 spiro atoms. The summed E-state index contributed by atoms with van der Waals surface area (Å²) >= 11 is 0. The normalized spacial score (nSPS) is 10.6. The summed E-state index contributed by atoms with van der Waals surface area (Å²) in [6.07, 6.45) is 0.945. The molecule has 0 fully saturated rings. The number of aryl methyl sites for hydroxylation is 2. The number of carbonyl (C=O) groups excluding carboxylic acids is 1. The number of rotatable bonds is 5. The van der Waals surface area contributed by atoms with E-state index in [1.807, 2.05) is 30.3 Å². The van der Waals surface area contributed by atoms with Crippen LogP contribution >= 0.6 is 0 Å². The van der Waals surface area contributed by atoms with Gasteiger partial charge in [-0.25, -0.2) is 0 Å². The summed E-state index contributed by atoms with van der Waals surface area (Å²) in [5.41, 5.74) is 11.4. The Balaban J connectivity index is 2.07. The van der Waals surface area contributed by atoms with Crippen molar-refractivity contribution in [3.63, 3.8) is 0 Å². The molecule has 0 aliphatic heterocycles. The summed E-state index contributed by atoms with van der Waals surface area (Å²) in [7, 11) is 0. The summed E-state index contributed by atoms with van der Waals surface area (Å²) in [5.74, 6) is 0.231. The van der Waals surface area contributed by atoms with E-state index in [0.29, 0.717) is 19.4 Å². The Kier molecular flexibility index (Phi) is 4.70. The first-order valence-corrected chi connectivity index (χ1v) is 6.95. The van der Waals surface area contributed by atoms with Crippen LogP contribution in [0.4, 0.5) is 0 Å². The number of nitrogens with two attached hydrogens (primary N) is 1. The molecule has 0 aliphatic carbocycles. The lowest BCUT2D eigenvalue weighted by molar-refractivity contribution is -0.117. The lowest BCUT2D eigenvalue weighted by Crippen LogP contribution is -2.10. The smallest absolute Gasteiger partial charge is 0.141 e. The fourth-order valence-corrected chi connectivity index (χ4v) is 2.35. The number of Topliss-reactive ketones (excluding diaryl/α,β-unsaturated/α-hetero) is 1. The minimum atomic E-state index is 0.231. The Labute approximate surface area is 120 Å². The highest BCUT2D eigenvalue weighted by atomic mass is 16.1. The molecule has 2 rings (SSSR count). The monoisotopic (exact) mass is 267 g/mol. The van der Waals surface area contributed by atoms with Crippen molar-refractivity contribution in [1.29, 1.82) is 0 Å². The van der Waals surface area contributed by atoms with Crippen molar-refractivity contribution < 1.29 is 4.79 Å². The van der Waals surface area contributed by atoms with Crippen LogP contribution in [0.1, 0.15) is 27.8 Å². The number of hydrogen-bond acceptors (Lipinski definition) is 2. The van der Waals surface area contributed by atoms with Crippen LogP contribution in [-0.4, -0.2) is 5.78 Å². The van der Waals surface area contributed by atoms with E-state index in [0.717, 1.165) is 16.7 Å². The van der Waals surface area contributed by atoms with E-state index in [1.54, 1.807) is 0 Å². The molecule has 0 aliphatic rings. The zero-order chi connectivity index (χ0) is 14.5. The first kappa shape index (κ1) is 14.5. The van der Waals surface area contributed by atoms with E-state index in [4.69, 9.17) is 5.73 Å². The van der Waals surface area contributed by atoms with Crippen LogP contribution < -0.4 is 5.73 Å². The Bertz CT molecular complexity index is 617.